The highest BCUT2D eigenvalue weighted by Gasteiger charge is 2.22. The van der Waals surface area contributed by atoms with E-state index in [-0.39, 0.29) is 27.7 Å². The summed E-state index contributed by atoms with van der Waals surface area (Å²) in [7, 11) is 0. The number of ether oxygens (including phenoxy) is 1. The van der Waals surface area contributed by atoms with E-state index in [1.54, 1.807) is 13.0 Å². The number of alkyl halides is 2. The molecule has 1 aromatic heterocycles. The molecule has 0 saturated heterocycles. The smallest absolute Gasteiger partial charge is 0.350 e. The van der Waals surface area contributed by atoms with E-state index < -0.39 is 18.9 Å². The lowest BCUT2D eigenvalue weighted by Crippen LogP contribution is -2.09. The molecule has 0 aliphatic rings. The molecule has 0 unspecified atom stereocenters. The second kappa shape index (κ2) is 6.16. The SMILES string of the molecule is CCOC(=O)c1sc(NCC(F)F)c(C#N)c1N. The Morgan fingerprint density at radius 3 is 2.83 bits per heavy atom. The van der Waals surface area contributed by atoms with E-state index in [0.717, 1.165) is 11.3 Å². The maximum absolute atomic E-state index is 12.1. The molecule has 0 spiro atoms. The number of anilines is 2. The van der Waals surface area contributed by atoms with Gasteiger partial charge in [0.15, 0.2) is 0 Å². The Hall–Kier alpha value is -1.88. The lowest BCUT2D eigenvalue weighted by Gasteiger charge is -2.02. The van der Waals surface area contributed by atoms with E-state index in [4.69, 9.17) is 15.7 Å². The van der Waals surface area contributed by atoms with Crippen LogP contribution in [-0.2, 0) is 4.74 Å². The van der Waals surface area contributed by atoms with Crippen LogP contribution in [0.5, 0.6) is 0 Å². The van der Waals surface area contributed by atoms with Crippen molar-refractivity contribution in [2.24, 2.45) is 0 Å². The minimum absolute atomic E-state index is 0.0105. The van der Waals surface area contributed by atoms with Gasteiger partial charge in [0.2, 0.25) is 0 Å². The molecular weight excluding hydrogens is 264 g/mol. The van der Waals surface area contributed by atoms with Gasteiger partial charge in [0.25, 0.3) is 6.43 Å². The van der Waals surface area contributed by atoms with Crippen molar-refractivity contribution >= 4 is 28.0 Å². The monoisotopic (exact) mass is 275 g/mol. The molecule has 1 aromatic rings. The molecule has 0 bridgehead atoms. The normalized spacial score (nSPS) is 10.2. The predicted octanol–water partition coefficient (Wildman–Crippen LogP) is 2.06. The first-order valence-corrected chi connectivity index (χ1v) is 5.84. The standard InChI is InChI=1S/C10H11F2N3O2S/c1-2-17-10(16)8-7(14)5(3-13)9(18-8)15-4-6(11)12/h6,15H,2,4,14H2,1H3. The van der Waals surface area contributed by atoms with Crippen molar-refractivity contribution in [1.29, 1.82) is 5.26 Å². The topological polar surface area (TPSA) is 88.1 Å². The Bertz CT molecular complexity index is 482. The van der Waals surface area contributed by atoms with Crippen molar-refractivity contribution in [2.75, 3.05) is 24.2 Å². The molecule has 1 rings (SSSR count). The number of nitrogens with one attached hydrogen (secondary N) is 1. The first-order chi connectivity index (χ1) is 8.51. The van der Waals surface area contributed by atoms with E-state index in [0.29, 0.717) is 0 Å². The zero-order valence-corrected chi connectivity index (χ0v) is 10.3. The fraction of sp³-hybridized carbons (Fsp3) is 0.400. The van der Waals surface area contributed by atoms with E-state index in [1.807, 2.05) is 0 Å². The molecule has 18 heavy (non-hydrogen) atoms. The molecule has 8 heteroatoms. The van der Waals surface area contributed by atoms with Gasteiger partial charge in [-0.2, -0.15) is 5.26 Å². The summed E-state index contributed by atoms with van der Waals surface area (Å²) < 4.78 is 28.9. The molecule has 0 aliphatic carbocycles. The number of nitrogens with two attached hydrogens (primary N) is 1. The Morgan fingerprint density at radius 2 is 2.33 bits per heavy atom. The number of hydrogen-bond donors (Lipinski definition) is 2. The van der Waals surface area contributed by atoms with Gasteiger partial charge in [0, 0.05) is 0 Å². The number of nitrogens with zero attached hydrogens (tertiary/aromatic N) is 1. The van der Waals surface area contributed by atoms with Crippen LogP contribution in [0.4, 0.5) is 19.5 Å². The molecular formula is C10H11F2N3O2S. The van der Waals surface area contributed by atoms with Crippen LogP contribution in [0.25, 0.3) is 0 Å². The second-order valence-electron chi connectivity index (χ2n) is 3.15. The summed E-state index contributed by atoms with van der Waals surface area (Å²) >= 11 is 0.834. The third-order valence-corrected chi connectivity index (χ3v) is 3.08. The summed E-state index contributed by atoms with van der Waals surface area (Å²) in [5, 5.41) is 11.4. The van der Waals surface area contributed by atoms with E-state index >= 15 is 0 Å². The van der Waals surface area contributed by atoms with Gasteiger partial charge >= 0.3 is 5.97 Å². The molecule has 0 saturated carbocycles. The average molecular weight is 275 g/mol. The number of hydrogen-bond acceptors (Lipinski definition) is 6. The van der Waals surface area contributed by atoms with Gasteiger partial charge in [-0.25, -0.2) is 13.6 Å². The number of halogens is 2. The van der Waals surface area contributed by atoms with Gasteiger partial charge in [-0.3, -0.25) is 0 Å². The Balaban J connectivity index is 3.02. The van der Waals surface area contributed by atoms with Gasteiger partial charge in [-0.15, -0.1) is 11.3 Å². The van der Waals surface area contributed by atoms with Crippen LogP contribution in [0.2, 0.25) is 0 Å². The van der Waals surface area contributed by atoms with Crippen molar-refractivity contribution in [3.8, 4) is 6.07 Å². The quantitative estimate of drug-likeness (QED) is 0.803. The number of thiophene rings is 1. The number of rotatable bonds is 5. The molecule has 0 amide bonds. The maximum Gasteiger partial charge on any atom is 0.350 e. The van der Waals surface area contributed by atoms with Crippen LogP contribution >= 0.6 is 11.3 Å². The number of nitrogen functional groups attached to an aromatic ring is 1. The number of carbonyl (C=O) groups is 1. The molecule has 98 valence electrons. The molecule has 0 aromatic carbocycles. The number of nitriles is 1. The largest absolute Gasteiger partial charge is 0.462 e. The summed E-state index contributed by atoms with van der Waals surface area (Å²) in [4.78, 5) is 11.6. The van der Waals surface area contributed by atoms with E-state index in [1.165, 1.54) is 0 Å². The van der Waals surface area contributed by atoms with Crippen LogP contribution in [0.15, 0.2) is 0 Å². The summed E-state index contributed by atoms with van der Waals surface area (Å²) in [6.07, 6.45) is -2.56. The first kappa shape index (κ1) is 14.2. The molecule has 0 fully saturated rings. The zero-order valence-electron chi connectivity index (χ0n) is 9.50. The fourth-order valence-corrected chi connectivity index (χ4v) is 2.17. The van der Waals surface area contributed by atoms with Crippen LogP contribution < -0.4 is 11.1 Å². The van der Waals surface area contributed by atoms with Gasteiger partial charge in [0.05, 0.1) is 18.8 Å². The third-order valence-electron chi connectivity index (χ3n) is 1.93. The van der Waals surface area contributed by atoms with E-state index in [2.05, 4.69) is 5.32 Å². The average Bonchev–Trinajstić information content (AvgIpc) is 2.63. The highest BCUT2D eigenvalue weighted by Crippen LogP contribution is 2.35. The van der Waals surface area contributed by atoms with Crippen LogP contribution in [0, 0.1) is 11.3 Å². The fourth-order valence-electron chi connectivity index (χ4n) is 1.20. The predicted molar refractivity (Wildman–Crippen MR) is 63.9 cm³/mol. The third kappa shape index (κ3) is 3.07. The Morgan fingerprint density at radius 1 is 1.67 bits per heavy atom. The highest BCUT2D eigenvalue weighted by molar-refractivity contribution is 7.18. The minimum Gasteiger partial charge on any atom is -0.462 e. The number of carbonyl (C=O) groups excluding carboxylic acids is 1. The lowest BCUT2D eigenvalue weighted by atomic mass is 10.2. The second-order valence-corrected chi connectivity index (χ2v) is 4.17. The van der Waals surface area contributed by atoms with Gasteiger partial charge in [-0.05, 0) is 6.92 Å². The number of esters is 1. The van der Waals surface area contributed by atoms with Crippen molar-refractivity contribution in [2.45, 2.75) is 13.3 Å². The molecule has 0 radical (unpaired) electrons. The van der Waals surface area contributed by atoms with Crippen molar-refractivity contribution < 1.29 is 18.3 Å². The molecule has 0 aliphatic heterocycles. The van der Waals surface area contributed by atoms with Crippen molar-refractivity contribution in [1.82, 2.24) is 0 Å². The first-order valence-electron chi connectivity index (χ1n) is 5.02. The summed E-state index contributed by atoms with van der Waals surface area (Å²) in [6, 6.07) is 1.78. The van der Waals surface area contributed by atoms with Crippen LogP contribution in [0.1, 0.15) is 22.2 Å². The molecule has 0 atom stereocenters. The summed E-state index contributed by atoms with van der Waals surface area (Å²) in [6.45, 7) is 1.18. The van der Waals surface area contributed by atoms with Crippen molar-refractivity contribution in [3.05, 3.63) is 10.4 Å². The summed E-state index contributed by atoms with van der Waals surface area (Å²) in [5.41, 5.74) is 5.56. The molecule has 3 N–H and O–H groups in total. The summed E-state index contributed by atoms with van der Waals surface area (Å²) in [5.74, 6) is -0.665. The minimum atomic E-state index is -2.56. The lowest BCUT2D eigenvalue weighted by molar-refractivity contribution is 0.0533. The van der Waals surface area contributed by atoms with Crippen LogP contribution in [0.3, 0.4) is 0 Å². The Labute approximate surface area is 106 Å². The zero-order chi connectivity index (χ0) is 13.7. The van der Waals surface area contributed by atoms with Crippen molar-refractivity contribution in [3.63, 3.8) is 0 Å². The van der Waals surface area contributed by atoms with E-state index in [9.17, 15) is 13.6 Å². The van der Waals surface area contributed by atoms with Crippen LogP contribution in [-0.4, -0.2) is 25.5 Å². The maximum atomic E-state index is 12.1. The van der Waals surface area contributed by atoms with Gasteiger partial charge in [0.1, 0.15) is 21.5 Å². The molecule has 1 heterocycles. The molecule has 5 nitrogen and oxygen atoms in total. The highest BCUT2D eigenvalue weighted by atomic mass is 32.1. The van der Waals surface area contributed by atoms with Gasteiger partial charge in [-0.1, -0.05) is 0 Å². The van der Waals surface area contributed by atoms with Gasteiger partial charge < -0.3 is 15.8 Å². The Kier molecular flexibility index (Phi) is 4.85.